The number of nitrogens with zero attached hydrogens (tertiary/aromatic N) is 2. The Hall–Kier alpha value is -4.58. The maximum absolute atomic E-state index is 14.2. The van der Waals surface area contributed by atoms with Crippen LogP contribution in [-0.4, -0.2) is 113 Å². The lowest BCUT2D eigenvalue weighted by molar-refractivity contribution is -0.122. The monoisotopic (exact) mass is 962 g/mol. The predicted molar refractivity (Wildman–Crippen MR) is 249 cm³/mol. The Bertz CT molecular complexity index is 2250. The first-order chi connectivity index (χ1) is 31.3. The fraction of sp³-hybridized carbons (Fsp3) is 0.625. The quantitative estimate of drug-likeness (QED) is 0.0745. The Kier molecular flexibility index (Phi) is 19.4. The predicted octanol–water partition coefficient (Wildman–Crippen LogP) is 7.54. The minimum atomic E-state index is -3.36. The van der Waals surface area contributed by atoms with Crippen LogP contribution < -0.4 is 20.1 Å². The molecule has 0 radical (unpaired) electrons. The van der Waals surface area contributed by atoms with Crippen LogP contribution in [0.15, 0.2) is 48.6 Å². The fourth-order valence-corrected chi connectivity index (χ4v) is 11.4. The highest BCUT2D eigenvalue weighted by atomic mass is 32.2. The highest BCUT2D eigenvalue weighted by Gasteiger charge is 2.29. The van der Waals surface area contributed by atoms with Gasteiger partial charge in [0.15, 0.2) is 42.8 Å². The maximum Gasteiger partial charge on any atom is 0.324 e. The van der Waals surface area contributed by atoms with Crippen LogP contribution in [0.5, 0.6) is 11.5 Å². The molecule has 2 aromatic carbocycles. The molecule has 2 aliphatic carbocycles. The Morgan fingerprint density at radius 3 is 1.58 bits per heavy atom. The molecule has 14 nitrogen and oxygen atoms in total. The van der Waals surface area contributed by atoms with Gasteiger partial charge in [0, 0.05) is 50.9 Å². The number of carbonyl (C=O) groups excluding carboxylic acids is 4. The molecular weight excluding hydrogens is 895 g/mol. The summed E-state index contributed by atoms with van der Waals surface area (Å²) in [4.78, 5) is 48.9. The summed E-state index contributed by atoms with van der Waals surface area (Å²) in [6, 6.07) is 8.53. The van der Waals surface area contributed by atoms with Crippen molar-refractivity contribution in [3.63, 3.8) is 0 Å². The summed E-state index contributed by atoms with van der Waals surface area (Å²) < 4.78 is 90.9. The summed E-state index contributed by atoms with van der Waals surface area (Å²) >= 11 is 0. The summed E-state index contributed by atoms with van der Waals surface area (Å²) in [5.74, 6) is -0.342. The summed E-state index contributed by atoms with van der Waals surface area (Å²) in [7, 11) is -6.67. The molecule has 366 valence electrons. The van der Waals surface area contributed by atoms with Gasteiger partial charge < -0.3 is 19.3 Å². The number of nitrogens with one attached hydrogen (secondary N) is 2. The van der Waals surface area contributed by atoms with Gasteiger partial charge in [0.2, 0.25) is 11.8 Å². The maximum atomic E-state index is 14.2. The Morgan fingerprint density at radius 2 is 1.12 bits per heavy atom. The highest BCUT2D eigenvalue weighted by Crippen LogP contribution is 2.35. The zero-order valence-corrected chi connectivity index (χ0v) is 40.4. The molecule has 4 aliphatic rings. The van der Waals surface area contributed by atoms with Gasteiger partial charge in [0.25, 0.3) is 0 Å². The molecule has 2 heterocycles. The molecule has 0 spiro atoms. The molecule has 2 N–H and O–H groups in total. The lowest BCUT2D eigenvalue weighted by Crippen LogP contribution is -2.49. The second-order valence-corrected chi connectivity index (χ2v) is 23.2. The largest absolute Gasteiger partial charge is 0.490 e. The standard InChI is InChI=1S/C24H35FN2O5S.C24H33FN2O5S/c2*1-17(2)20(19-8-9-21(25)22(14-19)32-15-18-6-7-18)16-33(30,31)13-5-3-4-11-27-12-10-23(28)26-24(27)29/h8-9,14,17-18,20H,3-7,10-13,15-16H2,1-2H3,(H,26,28,29);3-4,8-9,14,17-18,20H,5-7,10-13,15-16H2,1-2H3,(H,26,28,29)/b;4-3+/t2*20-/m11/s1. The van der Waals surface area contributed by atoms with E-state index in [2.05, 4.69) is 10.6 Å². The summed E-state index contributed by atoms with van der Waals surface area (Å²) in [5, 5.41) is 4.54. The topological polar surface area (TPSA) is 186 Å². The fourth-order valence-electron chi connectivity index (χ4n) is 7.72. The average Bonchev–Trinajstić information content (AvgIpc) is 4.20. The number of sulfone groups is 2. The van der Waals surface area contributed by atoms with Crippen LogP contribution in [-0.2, 0) is 29.3 Å². The zero-order valence-electron chi connectivity index (χ0n) is 38.8. The van der Waals surface area contributed by atoms with Crippen LogP contribution in [0, 0.1) is 35.3 Å². The van der Waals surface area contributed by atoms with Gasteiger partial charge in [-0.15, -0.1) is 0 Å². The number of halogens is 2. The Balaban J connectivity index is 0.000000247. The van der Waals surface area contributed by atoms with E-state index in [9.17, 15) is 44.8 Å². The van der Waals surface area contributed by atoms with Crippen LogP contribution in [0.1, 0.15) is 115 Å². The van der Waals surface area contributed by atoms with Crippen molar-refractivity contribution < 1.29 is 54.3 Å². The van der Waals surface area contributed by atoms with Crippen molar-refractivity contribution in [1.29, 1.82) is 0 Å². The second kappa shape index (κ2) is 24.4. The van der Waals surface area contributed by atoms with Crippen LogP contribution in [0.4, 0.5) is 18.4 Å². The molecular formula is C48H68F2N4O10S2. The minimum absolute atomic E-state index is 0.00894. The molecule has 2 aliphatic heterocycles. The van der Waals surface area contributed by atoms with Crippen molar-refractivity contribution in [2.45, 2.75) is 104 Å². The van der Waals surface area contributed by atoms with E-state index in [-0.39, 0.29) is 82.4 Å². The molecule has 6 rings (SSSR count). The summed E-state index contributed by atoms with van der Waals surface area (Å²) in [5.41, 5.74) is 1.55. The smallest absolute Gasteiger partial charge is 0.324 e. The van der Waals surface area contributed by atoms with Crippen LogP contribution in [0.25, 0.3) is 0 Å². The van der Waals surface area contributed by atoms with E-state index in [1.165, 1.54) is 17.0 Å². The van der Waals surface area contributed by atoms with Gasteiger partial charge >= 0.3 is 12.1 Å². The number of allylic oxidation sites excluding steroid dienone is 1. The average molecular weight is 963 g/mol. The van der Waals surface area contributed by atoms with Crippen molar-refractivity contribution in [3.8, 4) is 11.5 Å². The molecule has 2 saturated carbocycles. The number of imide groups is 2. The number of unbranched alkanes of at least 4 members (excludes halogenated alkanes) is 2. The number of rotatable bonds is 25. The van der Waals surface area contributed by atoms with Gasteiger partial charge in [-0.3, -0.25) is 20.2 Å². The zero-order chi connectivity index (χ0) is 48.0. The Morgan fingerprint density at radius 1 is 0.652 bits per heavy atom. The van der Waals surface area contributed by atoms with E-state index < -0.39 is 37.3 Å². The molecule has 18 heteroatoms. The van der Waals surface area contributed by atoms with Crippen molar-refractivity contribution in [3.05, 3.63) is 71.3 Å². The van der Waals surface area contributed by atoms with Crippen molar-refractivity contribution in [2.75, 3.05) is 62.4 Å². The number of amides is 6. The molecule has 2 saturated heterocycles. The molecule has 2 atom stereocenters. The third-order valence-corrected chi connectivity index (χ3v) is 15.8. The van der Waals surface area contributed by atoms with E-state index in [0.717, 1.165) is 36.8 Å². The number of benzene rings is 2. The molecule has 6 amide bonds. The number of carbonyl (C=O) groups is 4. The van der Waals surface area contributed by atoms with Gasteiger partial charge in [0.1, 0.15) is 0 Å². The minimum Gasteiger partial charge on any atom is -0.490 e. The van der Waals surface area contributed by atoms with Gasteiger partial charge in [-0.25, -0.2) is 35.2 Å². The molecule has 4 fully saturated rings. The van der Waals surface area contributed by atoms with E-state index in [1.807, 2.05) is 27.7 Å². The number of urea groups is 2. The van der Waals surface area contributed by atoms with Gasteiger partial charge in [-0.05, 0) is 104 Å². The van der Waals surface area contributed by atoms with Crippen molar-refractivity contribution in [1.82, 2.24) is 20.4 Å². The first kappa shape index (κ1) is 52.4. The van der Waals surface area contributed by atoms with Crippen molar-refractivity contribution >= 4 is 43.6 Å². The van der Waals surface area contributed by atoms with Crippen LogP contribution in [0.3, 0.4) is 0 Å². The third kappa shape index (κ3) is 17.6. The first-order valence-electron chi connectivity index (χ1n) is 23.4. The van der Waals surface area contributed by atoms with Gasteiger partial charge in [0.05, 0.1) is 36.2 Å². The molecule has 0 unspecified atom stereocenters. The number of hydrogen-bond donors (Lipinski definition) is 2. The summed E-state index contributed by atoms with van der Waals surface area (Å²) in [6.45, 7) is 10.5. The second-order valence-electron chi connectivity index (χ2n) is 18.8. The van der Waals surface area contributed by atoms with E-state index in [4.69, 9.17) is 9.47 Å². The lowest BCUT2D eigenvalue weighted by Gasteiger charge is -2.26. The summed E-state index contributed by atoms with van der Waals surface area (Å²) in [6.07, 6.45) is 10.7. The first-order valence-corrected chi connectivity index (χ1v) is 27.0. The number of ether oxygens (including phenoxy) is 2. The SMILES string of the molecule is CC(C)[C@@H](CS(=O)(=O)CC/C=C/CN1CCC(=O)NC1=O)c1ccc(F)c(OCC2CC2)c1.CC(C)[C@@H](CS(=O)(=O)CCCCCN1CCC(=O)NC1=O)c1ccc(F)c(OCC2CC2)c1. The van der Waals surface area contributed by atoms with Crippen molar-refractivity contribution in [2.24, 2.45) is 23.7 Å². The van der Waals surface area contributed by atoms with E-state index >= 15 is 0 Å². The molecule has 0 aromatic heterocycles. The van der Waals surface area contributed by atoms with Gasteiger partial charge in [-0.1, -0.05) is 58.4 Å². The van der Waals surface area contributed by atoms with Crippen LogP contribution >= 0.6 is 0 Å². The molecule has 66 heavy (non-hydrogen) atoms. The highest BCUT2D eigenvalue weighted by molar-refractivity contribution is 7.91. The normalized spacial score (nSPS) is 18.0. The molecule has 2 aromatic rings. The third-order valence-electron chi connectivity index (χ3n) is 12.3. The van der Waals surface area contributed by atoms with Crippen LogP contribution in [0.2, 0.25) is 0 Å². The van der Waals surface area contributed by atoms with E-state index in [1.54, 1.807) is 41.3 Å². The molecule has 0 bridgehead atoms. The number of hydrogen-bond acceptors (Lipinski definition) is 10. The van der Waals surface area contributed by atoms with E-state index in [0.29, 0.717) is 83.3 Å². The Labute approximate surface area is 389 Å². The lowest BCUT2D eigenvalue weighted by atomic mass is 9.90. The van der Waals surface area contributed by atoms with Gasteiger partial charge in [-0.2, -0.15) is 0 Å².